The van der Waals surface area contributed by atoms with E-state index >= 15 is 0 Å². The number of hydrogen-bond donors (Lipinski definition) is 2. The number of benzene rings is 3. The number of carbonyl (C=O) groups is 1. The molecule has 11 nitrogen and oxygen atoms in total. The van der Waals surface area contributed by atoms with E-state index in [2.05, 4.69) is 20.2 Å². The van der Waals surface area contributed by atoms with Crippen molar-refractivity contribution in [2.75, 3.05) is 37.9 Å². The lowest BCUT2D eigenvalue weighted by Gasteiger charge is -2.20. The number of anilines is 2. The number of rotatable bonds is 9. The molecule has 0 spiro atoms. The maximum absolute atomic E-state index is 13.9. The second kappa shape index (κ2) is 12.5. The highest BCUT2D eigenvalue weighted by atomic mass is 19.1. The fourth-order valence-electron chi connectivity index (χ4n) is 5.10. The molecule has 44 heavy (non-hydrogen) atoms. The number of ether oxygens (including phenoxy) is 2. The second-order valence-corrected chi connectivity index (χ2v) is 10.3. The minimum Gasteiger partial charge on any atom is -0.457 e. The summed E-state index contributed by atoms with van der Waals surface area (Å²) in [4.78, 5) is 37.2. The fourth-order valence-corrected chi connectivity index (χ4v) is 5.10. The molecule has 0 radical (unpaired) electrons. The van der Waals surface area contributed by atoms with E-state index in [0.29, 0.717) is 58.9 Å². The monoisotopic (exact) mass is 595 g/mol. The predicted octanol–water partition coefficient (Wildman–Crippen LogP) is 4.30. The van der Waals surface area contributed by atoms with Crippen molar-refractivity contribution in [2.24, 2.45) is 0 Å². The van der Waals surface area contributed by atoms with E-state index in [4.69, 9.17) is 15.2 Å². The Bertz CT molecular complexity index is 1900. The number of nitrogens with one attached hydrogen (secondary N) is 1. The lowest BCUT2D eigenvalue weighted by atomic mass is 10.2. The standard InChI is InChI=1S/C32H30FN7O4/c1-38(25-14-16-43-19-25)15-4-9-28(41)37-22-6-3-7-24(18-22)40-31-29(30(34)35-20-36-31)39(32(40)42)23-10-12-26(13-11-23)44-27-8-2-5-21(33)17-27/h2-13,17-18,20,25H,14-16,19H2,1H3,(H,37,41)(H2,34,35,36)/t25-/m0/s1. The molecule has 5 aromatic rings. The third-order valence-corrected chi connectivity index (χ3v) is 7.34. The number of imidazole rings is 1. The lowest BCUT2D eigenvalue weighted by molar-refractivity contribution is -0.111. The number of likely N-dealkylation sites (N-methyl/N-ethyl adjacent to an activating group) is 1. The van der Waals surface area contributed by atoms with E-state index in [1.165, 1.54) is 33.7 Å². The van der Waals surface area contributed by atoms with Crippen molar-refractivity contribution in [1.29, 1.82) is 0 Å². The van der Waals surface area contributed by atoms with Crippen LogP contribution in [0.3, 0.4) is 0 Å². The molecule has 6 rings (SSSR count). The van der Waals surface area contributed by atoms with Gasteiger partial charge in [0.25, 0.3) is 0 Å². The van der Waals surface area contributed by atoms with Crippen molar-refractivity contribution in [3.63, 3.8) is 0 Å². The molecule has 1 saturated heterocycles. The summed E-state index contributed by atoms with van der Waals surface area (Å²) in [5.74, 6) is 0.220. The van der Waals surface area contributed by atoms with E-state index in [9.17, 15) is 14.0 Å². The van der Waals surface area contributed by atoms with Gasteiger partial charge in [-0.05, 0) is 68.1 Å². The van der Waals surface area contributed by atoms with Crippen LogP contribution < -0.4 is 21.5 Å². The molecule has 1 atom stereocenters. The van der Waals surface area contributed by atoms with Crippen molar-refractivity contribution in [1.82, 2.24) is 24.0 Å². The Hall–Kier alpha value is -5.33. The Morgan fingerprint density at radius 2 is 1.91 bits per heavy atom. The van der Waals surface area contributed by atoms with Crippen LogP contribution in [0.25, 0.3) is 22.5 Å². The largest absolute Gasteiger partial charge is 0.457 e. The molecular weight excluding hydrogens is 565 g/mol. The molecule has 0 unspecified atom stereocenters. The number of carbonyl (C=O) groups excluding carboxylic acids is 1. The quantitative estimate of drug-likeness (QED) is 0.241. The molecule has 3 N–H and O–H groups in total. The molecule has 1 aliphatic rings. The summed E-state index contributed by atoms with van der Waals surface area (Å²) >= 11 is 0. The third-order valence-electron chi connectivity index (χ3n) is 7.34. The molecule has 0 bridgehead atoms. The van der Waals surface area contributed by atoms with E-state index in [-0.39, 0.29) is 11.7 Å². The zero-order valence-corrected chi connectivity index (χ0v) is 23.9. The maximum atomic E-state index is 13.9. The van der Waals surface area contributed by atoms with Crippen LogP contribution in [0.4, 0.5) is 15.9 Å². The van der Waals surface area contributed by atoms with Gasteiger partial charge in [0, 0.05) is 37.0 Å². The van der Waals surface area contributed by atoms with Crippen LogP contribution in [0.5, 0.6) is 11.5 Å². The topological polar surface area (TPSA) is 130 Å². The molecule has 1 aliphatic heterocycles. The second-order valence-electron chi connectivity index (χ2n) is 10.3. The zero-order valence-electron chi connectivity index (χ0n) is 23.9. The summed E-state index contributed by atoms with van der Waals surface area (Å²) < 4.78 is 27.6. The van der Waals surface area contributed by atoms with E-state index in [1.54, 1.807) is 60.7 Å². The van der Waals surface area contributed by atoms with Gasteiger partial charge < -0.3 is 20.5 Å². The first-order valence-corrected chi connectivity index (χ1v) is 14.0. The van der Waals surface area contributed by atoms with Gasteiger partial charge in [0.2, 0.25) is 5.91 Å². The van der Waals surface area contributed by atoms with Crippen molar-refractivity contribution in [3.05, 3.63) is 108 Å². The normalized spacial score (nSPS) is 14.9. The smallest absolute Gasteiger partial charge is 0.339 e. The van der Waals surface area contributed by atoms with Gasteiger partial charge in [0.05, 0.1) is 18.0 Å². The highest BCUT2D eigenvalue weighted by Gasteiger charge is 2.21. The van der Waals surface area contributed by atoms with Gasteiger partial charge in [-0.3, -0.25) is 14.3 Å². The first-order chi connectivity index (χ1) is 21.4. The first-order valence-electron chi connectivity index (χ1n) is 14.0. The number of nitrogen functional groups attached to an aromatic ring is 1. The van der Waals surface area contributed by atoms with Gasteiger partial charge in [0.1, 0.15) is 29.2 Å². The fraction of sp³-hybridized carbons (Fsp3) is 0.188. The molecule has 12 heteroatoms. The highest BCUT2D eigenvalue weighted by molar-refractivity contribution is 5.99. The van der Waals surface area contributed by atoms with Gasteiger partial charge in [0.15, 0.2) is 11.5 Å². The van der Waals surface area contributed by atoms with Gasteiger partial charge in [-0.1, -0.05) is 18.2 Å². The van der Waals surface area contributed by atoms with Gasteiger partial charge in [-0.25, -0.2) is 23.7 Å². The molecule has 0 aliphatic carbocycles. The third kappa shape index (κ3) is 6.07. The Kier molecular flexibility index (Phi) is 8.17. The molecule has 1 amide bonds. The number of amides is 1. The average molecular weight is 596 g/mol. The summed E-state index contributed by atoms with van der Waals surface area (Å²) in [5.41, 5.74) is 7.91. The SMILES string of the molecule is CN(CC=CC(=O)Nc1cccc(-n2c(=O)n(-c3ccc(Oc4cccc(F)c4)cc3)c3c(N)ncnc32)c1)[C@H]1CCOC1. The van der Waals surface area contributed by atoms with E-state index < -0.39 is 11.5 Å². The predicted molar refractivity (Wildman–Crippen MR) is 165 cm³/mol. The summed E-state index contributed by atoms with van der Waals surface area (Å²) in [6, 6.07) is 19.8. The van der Waals surface area contributed by atoms with Crippen molar-refractivity contribution in [3.8, 4) is 22.9 Å². The number of fused-ring (bicyclic) bond motifs is 1. The summed E-state index contributed by atoms with van der Waals surface area (Å²) in [5, 5.41) is 2.86. The average Bonchev–Trinajstić information content (AvgIpc) is 3.65. The molecule has 2 aromatic heterocycles. The first kappa shape index (κ1) is 28.8. The summed E-state index contributed by atoms with van der Waals surface area (Å²) in [6.45, 7) is 2.08. The van der Waals surface area contributed by atoms with Gasteiger partial charge in [-0.15, -0.1) is 0 Å². The van der Waals surface area contributed by atoms with E-state index in [1.807, 2.05) is 13.1 Å². The van der Waals surface area contributed by atoms with Crippen LogP contribution >= 0.6 is 0 Å². The van der Waals surface area contributed by atoms with Gasteiger partial charge in [-0.2, -0.15) is 0 Å². The Morgan fingerprint density at radius 1 is 1.09 bits per heavy atom. The number of halogens is 1. The minimum atomic E-state index is -0.437. The molecule has 3 aromatic carbocycles. The highest BCUT2D eigenvalue weighted by Crippen LogP contribution is 2.27. The molecule has 1 fully saturated rings. The van der Waals surface area contributed by atoms with Crippen LogP contribution in [-0.2, 0) is 9.53 Å². The molecule has 3 heterocycles. The maximum Gasteiger partial charge on any atom is 0.339 e. The van der Waals surface area contributed by atoms with Gasteiger partial charge >= 0.3 is 5.69 Å². The lowest BCUT2D eigenvalue weighted by Crippen LogP contribution is -2.32. The number of nitrogens with two attached hydrogens (primary N) is 1. The van der Waals surface area contributed by atoms with Crippen molar-refractivity contribution in [2.45, 2.75) is 12.5 Å². The van der Waals surface area contributed by atoms with Crippen molar-refractivity contribution >= 4 is 28.6 Å². The van der Waals surface area contributed by atoms with Crippen LogP contribution in [0.2, 0.25) is 0 Å². The van der Waals surface area contributed by atoms with Crippen molar-refractivity contribution < 1.29 is 18.7 Å². The van der Waals surface area contributed by atoms with Crippen LogP contribution in [0, 0.1) is 5.82 Å². The van der Waals surface area contributed by atoms with Crippen LogP contribution in [0.1, 0.15) is 6.42 Å². The summed E-state index contributed by atoms with van der Waals surface area (Å²) in [7, 11) is 2.00. The Balaban J connectivity index is 1.26. The molecule has 224 valence electrons. The minimum absolute atomic E-state index is 0.120. The molecule has 0 saturated carbocycles. The molecular formula is C32H30FN7O4. The number of aromatic nitrogens is 4. The van der Waals surface area contributed by atoms with Crippen LogP contribution in [0.15, 0.2) is 96.1 Å². The zero-order chi connectivity index (χ0) is 30.6. The summed E-state index contributed by atoms with van der Waals surface area (Å²) in [6.07, 6.45) is 5.57. The van der Waals surface area contributed by atoms with E-state index in [0.717, 1.165) is 13.0 Å². The Labute approximate surface area is 252 Å². The number of hydrogen-bond acceptors (Lipinski definition) is 8. The Morgan fingerprint density at radius 3 is 2.68 bits per heavy atom. The number of nitrogens with zero attached hydrogens (tertiary/aromatic N) is 5. The van der Waals surface area contributed by atoms with Crippen LogP contribution in [-0.4, -0.2) is 62.8 Å².